The summed E-state index contributed by atoms with van der Waals surface area (Å²) in [5.74, 6) is -0.162. The lowest BCUT2D eigenvalue weighted by atomic mass is 10.2. The van der Waals surface area contributed by atoms with Gasteiger partial charge in [0, 0.05) is 22.2 Å². The van der Waals surface area contributed by atoms with Crippen LogP contribution in [0.4, 0.5) is 5.69 Å². The van der Waals surface area contributed by atoms with Crippen LogP contribution in [-0.4, -0.2) is 10.1 Å². The zero-order chi connectivity index (χ0) is 18.5. The fraction of sp³-hybridized carbons (Fsp3) is 0.100. The van der Waals surface area contributed by atoms with Gasteiger partial charge in [-0.3, -0.25) is 0 Å². The van der Waals surface area contributed by atoms with E-state index in [0.29, 0.717) is 21.1 Å². The van der Waals surface area contributed by atoms with Crippen molar-refractivity contribution in [2.75, 3.05) is 5.32 Å². The Morgan fingerprint density at radius 1 is 1.23 bits per heavy atom. The highest BCUT2D eigenvalue weighted by Gasteiger charge is 2.20. The molecule has 3 rings (SSSR count). The van der Waals surface area contributed by atoms with Crippen LogP contribution in [0.1, 0.15) is 16.0 Å². The minimum Gasteiger partial charge on any atom is -0.867 e. The summed E-state index contributed by atoms with van der Waals surface area (Å²) in [4.78, 5) is 0.935. The van der Waals surface area contributed by atoms with Crippen LogP contribution < -0.4 is 15.0 Å². The van der Waals surface area contributed by atoms with Gasteiger partial charge in [-0.15, -0.1) is 11.3 Å². The standard InChI is InChI=1S/C20H18N2O2S2/c1-14-5-2-7-16(11-14)21-20(25)18(19(24)17-8-4-10-26-17)22-9-3-6-15(12-22)13-23/h2-12,23H,13H2,1H3,(H-,21,24,25). The lowest BCUT2D eigenvalue weighted by Gasteiger charge is -2.16. The molecular formula is C20H18N2O2S2. The summed E-state index contributed by atoms with van der Waals surface area (Å²) in [7, 11) is 0. The topological polar surface area (TPSA) is 59.2 Å². The molecule has 3 aromatic rings. The number of aliphatic hydroxyl groups excluding tert-OH is 1. The minimum atomic E-state index is -0.162. The summed E-state index contributed by atoms with van der Waals surface area (Å²) in [6, 6.07) is 15.0. The summed E-state index contributed by atoms with van der Waals surface area (Å²) in [5, 5.41) is 27.5. The Bertz CT molecular complexity index is 950. The molecule has 0 spiro atoms. The number of hydrogen-bond acceptors (Lipinski definition) is 4. The molecule has 0 radical (unpaired) electrons. The van der Waals surface area contributed by atoms with Crippen molar-refractivity contribution in [3.8, 4) is 0 Å². The predicted octanol–water partition coefficient (Wildman–Crippen LogP) is 2.96. The maximum Gasteiger partial charge on any atom is 0.239 e. The average Bonchev–Trinajstić information content (AvgIpc) is 3.17. The van der Waals surface area contributed by atoms with Gasteiger partial charge in [-0.25, -0.2) is 0 Å². The van der Waals surface area contributed by atoms with Crippen molar-refractivity contribution in [2.45, 2.75) is 13.5 Å². The highest BCUT2D eigenvalue weighted by molar-refractivity contribution is 7.81. The number of rotatable bonds is 5. The molecule has 2 N–H and O–H groups in total. The number of aryl methyl sites for hydroxylation is 1. The maximum absolute atomic E-state index is 13.1. The summed E-state index contributed by atoms with van der Waals surface area (Å²) in [6.45, 7) is 1.88. The van der Waals surface area contributed by atoms with Gasteiger partial charge in [0.25, 0.3) is 0 Å². The Morgan fingerprint density at radius 3 is 2.77 bits per heavy atom. The first-order chi connectivity index (χ1) is 12.6. The van der Waals surface area contributed by atoms with E-state index in [1.807, 2.05) is 42.6 Å². The van der Waals surface area contributed by atoms with Gasteiger partial charge in [0.2, 0.25) is 5.70 Å². The highest BCUT2D eigenvalue weighted by atomic mass is 32.1. The van der Waals surface area contributed by atoms with Crippen LogP contribution in [0.5, 0.6) is 0 Å². The van der Waals surface area contributed by atoms with Gasteiger partial charge in [-0.1, -0.05) is 30.4 Å². The van der Waals surface area contributed by atoms with Gasteiger partial charge < -0.3 is 15.5 Å². The number of anilines is 1. The molecule has 0 aliphatic rings. The van der Waals surface area contributed by atoms with Crippen LogP contribution in [0, 0.1) is 6.92 Å². The Balaban J connectivity index is 2.05. The normalized spacial score (nSPS) is 11.8. The molecule has 0 bridgehead atoms. The molecule has 0 aliphatic carbocycles. The Labute approximate surface area is 161 Å². The van der Waals surface area contributed by atoms with Crippen LogP contribution in [0.15, 0.2) is 66.3 Å². The third-order valence-corrected chi connectivity index (χ3v) is 4.92. The SMILES string of the molecule is Cc1cccc(NC(=S)C(=C([O-])c2cccs2)[n+]2cccc(CO)c2)c1. The smallest absolute Gasteiger partial charge is 0.239 e. The third-order valence-electron chi connectivity index (χ3n) is 3.75. The fourth-order valence-corrected chi connectivity index (χ4v) is 3.51. The van der Waals surface area contributed by atoms with E-state index in [-0.39, 0.29) is 12.4 Å². The monoisotopic (exact) mass is 382 g/mol. The summed E-state index contributed by atoms with van der Waals surface area (Å²) < 4.78 is 1.67. The predicted molar refractivity (Wildman–Crippen MR) is 107 cm³/mol. The molecular weight excluding hydrogens is 364 g/mol. The summed E-state index contributed by atoms with van der Waals surface area (Å²) >= 11 is 6.93. The number of pyridine rings is 1. The first kappa shape index (κ1) is 18.3. The van der Waals surface area contributed by atoms with Crippen molar-refractivity contribution < 1.29 is 14.8 Å². The highest BCUT2D eigenvalue weighted by Crippen LogP contribution is 2.21. The van der Waals surface area contributed by atoms with E-state index in [0.717, 1.165) is 11.3 Å². The molecule has 0 fully saturated rings. The van der Waals surface area contributed by atoms with E-state index < -0.39 is 0 Å². The van der Waals surface area contributed by atoms with E-state index in [9.17, 15) is 10.2 Å². The quantitative estimate of drug-likeness (QED) is 0.308. The van der Waals surface area contributed by atoms with E-state index in [1.165, 1.54) is 11.3 Å². The second kappa shape index (κ2) is 8.23. The van der Waals surface area contributed by atoms with Crippen molar-refractivity contribution in [1.82, 2.24) is 0 Å². The Morgan fingerprint density at radius 2 is 2.08 bits per heavy atom. The van der Waals surface area contributed by atoms with E-state index >= 15 is 0 Å². The molecule has 4 nitrogen and oxygen atoms in total. The third kappa shape index (κ3) is 4.16. The Hall–Kier alpha value is -2.54. The zero-order valence-electron chi connectivity index (χ0n) is 14.2. The lowest BCUT2D eigenvalue weighted by molar-refractivity contribution is -0.578. The van der Waals surface area contributed by atoms with Gasteiger partial charge in [-0.2, -0.15) is 4.57 Å². The van der Waals surface area contributed by atoms with Crippen LogP contribution in [0.25, 0.3) is 11.5 Å². The maximum atomic E-state index is 13.1. The van der Waals surface area contributed by atoms with E-state index in [4.69, 9.17) is 12.2 Å². The molecule has 2 heterocycles. The number of nitrogens with zero attached hydrogens (tertiary/aromatic N) is 1. The van der Waals surface area contributed by atoms with Crippen molar-refractivity contribution in [3.63, 3.8) is 0 Å². The number of thiocarbonyl (C=S) groups is 1. The van der Waals surface area contributed by atoms with Crippen molar-refractivity contribution >= 4 is 45.7 Å². The number of nitrogens with one attached hydrogen (secondary N) is 1. The van der Waals surface area contributed by atoms with Gasteiger partial charge >= 0.3 is 0 Å². The molecule has 0 atom stereocenters. The number of aliphatic hydroxyl groups is 1. The molecule has 0 saturated carbocycles. The van der Waals surface area contributed by atoms with Crippen molar-refractivity contribution in [2.24, 2.45) is 0 Å². The number of benzene rings is 1. The second-order valence-corrected chi connectivity index (χ2v) is 7.11. The molecule has 6 heteroatoms. The lowest BCUT2D eigenvalue weighted by Crippen LogP contribution is -2.40. The molecule has 0 aliphatic heterocycles. The van der Waals surface area contributed by atoms with Gasteiger partial charge in [0.05, 0.1) is 6.61 Å². The summed E-state index contributed by atoms with van der Waals surface area (Å²) in [5.41, 5.74) is 2.96. The fourth-order valence-electron chi connectivity index (χ4n) is 2.53. The van der Waals surface area contributed by atoms with Crippen LogP contribution in [0.3, 0.4) is 0 Å². The van der Waals surface area contributed by atoms with Crippen LogP contribution in [0.2, 0.25) is 0 Å². The van der Waals surface area contributed by atoms with E-state index in [2.05, 4.69) is 5.32 Å². The number of aromatic nitrogens is 1. The zero-order valence-corrected chi connectivity index (χ0v) is 15.8. The Kier molecular flexibility index (Phi) is 5.78. The average molecular weight is 383 g/mol. The van der Waals surface area contributed by atoms with Gasteiger partial charge in [-0.05, 0) is 47.9 Å². The largest absolute Gasteiger partial charge is 0.867 e. The molecule has 0 saturated heterocycles. The first-order valence-electron chi connectivity index (χ1n) is 8.03. The van der Waals surface area contributed by atoms with Gasteiger partial charge in [0.1, 0.15) is 0 Å². The molecule has 26 heavy (non-hydrogen) atoms. The number of hydrogen-bond donors (Lipinski definition) is 2. The first-order valence-corrected chi connectivity index (χ1v) is 9.32. The molecule has 132 valence electrons. The molecule has 0 amide bonds. The van der Waals surface area contributed by atoms with Crippen molar-refractivity contribution in [3.05, 3.63) is 82.3 Å². The summed E-state index contributed by atoms with van der Waals surface area (Å²) in [6.07, 6.45) is 3.47. The second-order valence-electron chi connectivity index (χ2n) is 5.76. The molecule has 2 aromatic heterocycles. The minimum absolute atomic E-state index is 0.112. The van der Waals surface area contributed by atoms with Crippen LogP contribution >= 0.6 is 23.6 Å². The van der Waals surface area contributed by atoms with Crippen molar-refractivity contribution in [1.29, 1.82) is 0 Å². The molecule has 0 unspecified atom stereocenters. The van der Waals surface area contributed by atoms with E-state index in [1.54, 1.807) is 35.2 Å². The molecule has 1 aromatic carbocycles. The van der Waals surface area contributed by atoms with Gasteiger partial charge in [0.15, 0.2) is 17.4 Å². The number of thiophene rings is 1. The van der Waals surface area contributed by atoms with Crippen LogP contribution in [-0.2, 0) is 6.61 Å².